The Morgan fingerprint density at radius 1 is 1.09 bits per heavy atom. The Labute approximate surface area is 199 Å². The van der Waals surface area contributed by atoms with Gasteiger partial charge in [-0.15, -0.1) is 0 Å². The van der Waals surface area contributed by atoms with E-state index in [4.69, 9.17) is 14.5 Å². The second-order valence-corrected chi connectivity index (χ2v) is 9.35. The second-order valence-electron chi connectivity index (χ2n) is 8.27. The number of rotatable bonds is 9. The fourth-order valence-corrected chi connectivity index (χ4v) is 4.95. The van der Waals surface area contributed by atoms with E-state index in [1.165, 1.54) is 0 Å². The monoisotopic (exact) mass is 465 g/mol. The first-order valence-corrected chi connectivity index (χ1v) is 12.3. The van der Waals surface area contributed by atoms with Crippen LogP contribution in [0, 0.1) is 13.8 Å². The summed E-state index contributed by atoms with van der Waals surface area (Å²) in [6.07, 6.45) is 1.04. The first-order chi connectivity index (χ1) is 16.1. The molecular weight excluding hydrogens is 434 g/mol. The van der Waals surface area contributed by atoms with Crippen molar-refractivity contribution in [2.24, 2.45) is 0 Å². The molecule has 0 spiro atoms. The van der Waals surface area contributed by atoms with E-state index in [-0.39, 0.29) is 5.91 Å². The molecule has 1 saturated heterocycles. The number of anilines is 1. The van der Waals surface area contributed by atoms with Crippen molar-refractivity contribution in [1.82, 2.24) is 9.88 Å². The molecule has 0 aliphatic carbocycles. The Bertz CT molecular complexity index is 1040. The van der Waals surface area contributed by atoms with Gasteiger partial charge in [0.25, 0.3) is 0 Å². The molecule has 0 radical (unpaired) electrons. The summed E-state index contributed by atoms with van der Waals surface area (Å²) in [6, 6.07) is 16.3. The van der Waals surface area contributed by atoms with Crippen molar-refractivity contribution < 1.29 is 14.3 Å². The van der Waals surface area contributed by atoms with Gasteiger partial charge < -0.3 is 14.8 Å². The molecule has 6 nitrogen and oxygen atoms in total. The van der Waals surface area contributed by atoms with Crippen molar-refractivity contribution in [2.75, 3.05) is 38.2 Å². The zero-order valence-corrected chi connectivity index (χ0v) is 20.1. The van der Waals surface area contributed by atoms with Crippen LogP contribution in [0.1, 0.15) is 28.8 Å². The molecule has 7 heteroatoms. The lowest BCUT2D eigenvalue weighted by molar-refractivity contribution is -0.116. The highest BCUT2D eigenvalue weighted by Gasteiger charge is 2.19. The number of aromatic nitrogens is 1. The number of hydrogen-bond donors (Lipinski definition) is 1. The van der Waals surface area contributed by atoms with Gasteiger partial charge in [0.15, 0.2) is 5.13 Å². The lowest BCUT2D eigenvalue weighted by Gasteiger charge is -2.26. The van der Waals surface area contributed by atoms with E-state index in [1.54, 1.807) is 11.3 Å². The average molecular weight is 466 g/mol. The summed E-state index contributed by atoms with van der Waals surface area (Å²) in [4.78, 5) is 20.9. The van der Waals surface area contributed by atoms with Gasteiger partial charge in [-0.25, -0.2) is 4.98 Å². The topological polar surface area (TPSA) is 63.7 Å². The molecule has 1 amide bonds. The van der Waals surface area contributed by atoms with Crippen LogP contribution < -0.4 is 10.1 Å². The van der Waals surface area contributed by atoms with Crippen LogP contribution in [0.3, 0.4) is 0 Å². The van der Waals surface area contributed by atoms with Gasteiger partial charge >= 0.3 is 0 Å². The van der Waals surface area contributed by atoms with E-state index in [1.807, 2.05) is 50.2 Å². The number of carbonyl (C=O) groups excluding carboxylic acids is 1. The van der Waals surface area contributed by atoms with E-state index >= 15 is 0 Å². The van der Waals surface area contributed by atoms with Gasteiger partial charge in [-0.05, 0) is 31.4 Å². The van der Waals surface area contributed by atoms with Crippen molar-refractivity contribution in [3.05, 3.63) is 64.5 Å². The maximum Gasteiger partial charge on any atom is 0.226 e. The van der Waals surface area contributed by atoms with Crippen molar-refractivity contribution in [3.8, 4) is 17.0 Å². The molecule has 2 heterocycles. The Hall–Kier alpha value is -2.74. The summed E-state index contributed by atoms with van der Waals surface area (Å²) < 4.78 is 11.4. The van der Waals surface area contributed by atoms with Gasteiger partial charge in [0.2, 0.25) is 5.91 Å². The number of carbonyl (C=O) groups is 1. The highest BCUT2D eigenvalue weighted by Crippen LogP contribution is 2.32. The van der Waals surface area contributed by atoms with Crippen LogP contribution in [0.25, 0.3) is 11.3 Å². The maximum absolute atomic E-state index is 12.6. The van der Waals surface area contributed by atoms with E-state index in [9.17, 15) is 4.79 Å². The first kappa shape index (κ1) is 23.4. The molecule has 33 heavy (non-hydrogen) atoms. The zero-order valence-electron chi connectivity index (χ0n) is 19.3. The molecule has 3 aromatic rings. The number of hydrogen-bond acceptors (Lipinski definition) is 6. The van der Waals surface area contributed by atoms with Crippen LogP contribution in [0.4, 0.5) is 5.13 Å². The molecule has 1 aliphatic heterocycles. The molecule has 1 aliphatic rings. The average Bonchev–Trinajstić information content (AvgIpc) is 3.21. The standard InChI is InChI=1S/C26H31N3O3S/c1-19-8-6-9-20(2)25(19)32-15-7-12-23(30)27-26-28-24(21-10-4-3-5-11-21)22(33-26)18-29-13-16-31-17-14-29/h3-6,8-11H,7,12-18H2,1-2H3,(H,27,28,30). The Morgan fingerprint density at radius 2 is 1.82 bits per heavy atom. The lowest BCUT2D eigenvalue weighted by Crippen LogP contribution is -2.35. The van der Waals surface area contributed by atoms with Crippen molar-refractivity contribution in [1.29, 1.82) is 0 Å². The summed E-state index contributed by atoms with van der Waals surface area (Å²) >= 11 is 1.56. The highest BCUT2D eigenvalue weighted by molar-refractivity contribution is 7.16. The second kappa shape index (κ2) is 11.4. The number of nitrogens with one attached hydrogen (secondary N) is 1. The van der Waals surface area contributed by atoms with Crippen LogP contribution in [0.15, 0.2) is 48.5 Å². The molecule has 4 rings (SSSR count). The fraction of sp³-hybridized carbons (Fsp3) is 0.385. The minimum atomic E-state index is -0.0358. The quantitative estimate of drug-likeness (QED) is 0.448. The number of para-hydroxylation sites is 1. The van der Waals surface area contributed by atoms with Crippen molar-refractivity contribution >= 4 is 22.4 Å². The van der Waals surface area contributed by atoms with Gasteiger partial charge in [-0.2, -0.15) is 0 Å². The molecule has 2 aromatic carbocycles. The van der Waals surface area contributed by atoms with Gasteiger partial charge in [-0.3, -0.25) is 9.69 Å². The lowest BCUT2D eigenvalue weighted by atomic mass is 10.1. The third-order valence-corrected chi connectivity index (χ3v) is 6.62. The SMILES string of the molecule is Cc1cccc(C)c1OCCCC(=O)Nc1nc(-c2ccccc2)c(CN2CCOCC2)s1. The van der Waals surface area contributed by atoms with Crippen LogP contribution >= 0.6 is 11.3 Å². The summed E-state index contributed by atoms with van der Waals surface area (Å²) in [5.74, 6) is 0.879. The predicted octanol–water partition coefficient (Wildman–Crippen LogP) is 5.06. The van der Waals surface area contributed by atoms with Crippen LogP contribution in [-0.4, -0.2) is 48.7 Å². The van der Waals surface area contributed by atoms with Crippen LogP contribution in [0.5, 0.6) is 5.75 Å². The Kier molecular flexibility index (Phi) is 8.10. The number of ether oxygens (including phenoxy) is 2. The van der Waals surface area contributed by atoms with Crippen molar-refractivity contribution in [3.63, 3.8) is 0 Å². The maximum atomic E-state index is 12.6. The molecule has 174 valence electrons. The molecule has 0 bridgehead atoms. The number of benzene rings is 2. The third kappa shape index (κ3) is 6.41. The molecule has 1 fully saturated rings. The summed E-state index contributed by atoms with van der Waals surface area (Å²) in [5, 5.41) is 3.65. The number of morpholine rings is 1. The third-order valence-electron chi connectivity index (χ3n) is 5.67. The largest absolute Gasteiger partial charge is 0.493 e. The predicted molar refractivity (Wildman–Crippen MR) is 133 cm³/mol. The Balaban J connectivity index is 1.36. The summed E-state index contributed by atoms with van der Waals surface area (Å²) in [5.41, 5.74) is 4.24. The van der Waals surface area contributed by atoms with E-state index in [0.717, 1.165) is 65.9 Å². The molecule has 0 unspecified atom stereocenters. The first-order valence-electron chi connectivity index (χ1n) is 11.4. The number of nitrogens with zero attached hydrogens (tertiary/aromatic N) is 2. The molecule has 1 N–H and O–H groups in total. The van der Waals surface area contributed by atoms with Crippen LogP contribution in [0.2, 0.25) is 0 Å². The van der Waals surface area contributed by atoms with Gasteiger partial charge in [0, 0.05) is 36.5 Å². The van der Waals surface area contributed by atoms with Gasteiger partial charge in [0.05, 0.1) is 25.5 Å². The summed E-state index contributed by atoms with van der Waals surface area (Å²) in [6.45, 7) is 8.73. The van der Waals surface area contributed by atoms with Crippen LogP contribution in [-0.2, 0) is 16.1 Å². The van der Waals surface area contributed by atoms with E-state index in [0.29, 0.717) is 24.6 Å². The van der Waals surface area contributed by atoms with Crippen molar-refractivity contribution in [2.45, 2.75) is 33.2 Å². The zero-order chi connectivity index (χ0) is 23.0. The van der Waals surface area contributed by atoms with Gasteiger partial charge in [-0.1, -0.05) is 59.9 Å². The minimum Gasteiger partial charge on any atom is -0.493 e. The highest BCUT2D eigenvalue weighted by atomic mass is 32.1. The number of thiazole rings is 1. The minimum absolute atomic E-state index is 0.0358. The Morgan fingerprint density at radius 3 is 2.55 bits per heavy atom. The van der Waals surface area contributed by atoms with E-state index < -0.39 is 0 Å². The smallest absolute Gasteiger partial charge is 0.226 e. The van der Waals surface area contributed by atoms with E-state index in [2.05, 4.69) is 22.3 Å². The summed E-state index contributed by atoms with van der Waals surface area (Å²) in [7, 11) is 0. The fourth-order valence-electron chi connectivity index (χ4n) is 3.91. The molecule has 1 aromatic heterocycles. The molecule has 0 atom stereocenters. The number of aryl methyl sites for hydroxylation is 2. The molecular formula is C26H31N3O3S. The normalized spacial score (nSPS) is 14.2. The molecule has 0 saturated carbocycles. The van der Waals surface area contributed by atoms with Gasteiger partial charge in [0.1, 0.15) is 5.75 Å². The number of amides is 1.